The number of rotatable bonds is 9. The van der Waals surface area contributed by atoms with E-state index in [4.69, 9.17) is 21.1 Å². The van der Waals surface area contributed by atoms with E-state index in [0.29, 0.717) is 26.9 Å². The summed E-state index contributed by atoms with van der Waals surface area (Å²) in [6.07, 6.45) is 1.31. The second-order valence-electron chi connectivity index (χ2n) is 8.09. The summed E-state index contributed by atoms with van der Waals surface area (Å²) in [5.74, 6) is -1.64. The summed E-state index contributed by atoms with van der Waals surface area (Å²) in [5.41, 5.74) is -0.611. The number of nitro benzene ring substituents is 2. The van der Waals surface area contributed by atoms with E-state index in [0.717, 1.165) is 23.1 Å². The quantitative estimate of drug-likeness (QED) is 0.154. The number of hydrogen-bond acceptors (Lipinski definition) is 10. The Labute approximate surface area is 248 Å². The van der Waals surface area contributed by atoms with Gasteiger partial charge in [0, 0.05) is 21.8 Å². The third-order valence-electron chi connectivity index (χ3n) is 5.46. The molecule has 4 rings (SSSR count). The van der Waals surface area contributed by atoms with Gasteiger partial charge in [0.1, 0.15) is 6.54 Å². The molecule has 0 aliphatic carbocycles. The third-order valence-corrected chi connectivity index (χ3v) is 7.60. The first-order valence-corrected chi connectivity index (χ1v) is 13.2. The van der Waals surface area contributed by atoms with Crippen LogP contribution in [0.4, 0.5) is 21.9 Å². The third kappa shape index (κ3) is 6.65. The van der Waals surface area contributed by atoms with Crippen molar-refractivity contribution in [1.29, 1.82) is 0 Å². The predicted octanol–water partition coefficient (Wildman–Crippen LogP) is 6.39. The van der Waals surface area contributed by atoms with Crippen molar-refractivity contribution in [3.63, 3.8) is 0 Å². The van der Waals surface area contributed by atoms with Crippen LogP contribution in [0.2, 0.25) is 5.02 Å². The lowest BCUT2D eigenvalue weighted by Crippen LogP contribution is -2.36. The Balaban J connectivity index is 1.60. The molecule has 0 radical (unpaired) electrons. The van der Waals surface area contributed by atoms with E-state index < -0.39 is 44.8 Å². The van der Waals surface area contributed by atoms with Crippen LogP contribution in [0, 0.1) is 20.2 Å². The molecule has 0 spiro atoms. The molecule has 1 fully saturated rings. The minimum absolute atomic E-state index is 0.0502. The number of benzene rings is 3. The van der Waals surface area contributed by atoms with E-state index in [1.165, 1.54) is 31.4 Å². The van der Waals surface area contributed by atoms with Gasteiger partial charge in [0.05, 0.1) is 33.0 Å². The topological polar surface area (TPSA) is 171 Å². The van der Waals surface area contributed by atoms with Crippen LogP contribution in [0.15, 0.2) is 64.0 Å². The number of carbonyl (C=O) groups excluding carboxylic acids is 3. The Morgan fingerprint density at radius 2 is 1.85 bits per heavy atom. The van der Waals surface area contributed by atoms with Gasteiger partial charge in [0.2, 0.25) is 11.7 Å². The van der Waals surface area contributed by atoms with E-state index in [-0.39, 0.29) is 27.7 Å². The highest BCUT2D eigenvalue weighted by Crippen LogP contribution is 2.42. The van der Waals surface area contributed by atoms with Crippen LogP contribution >= 0.6 is 39.3 Å². The number of imide groups is 1. The molecule has 1 aliphatic heterocycles. The van der Waals surface area contributed by atoms with Gasteiger partial charge in [-0.05, 0) is 64.1 Å². The molecule has 16 heteroatoms. The van der Waals surface area contributed by atoms with Crippen LogP contribution in [0.3, 0.4) is 0 Å². The van der Waals surface area contributed by atoms with E-state index in [1.54, 1.807) is 18.2 Å². The molecule has 0 saturated carbocycles. The predicted molar refractivity (Wildman–Crippen MR) is 153 cm³/mol. The molecule has 210 valence electrons. The summed E-state index contributed by atoms with van der Waals surface area (Å²) in [6, 6.07) is 12.1. The van der Waals surface area contributed by atoms with Crippen molar-refractivity contribution in [3.05, 3.63) is 94.8 Å². The fourth-order valence-electron chi connectivity index (χ4n) is 3.57. The molecule has 1 saturated heterocycles. The standard InChI is InChI=1S/C25H16BrClN4O9S/c1-39-20-4-2-3-13(23(20)40-19-8-6-15(30(35)36)11-18(19)31(37)38)9-21-24(33)29(25(34)41-21)12-22(32)28-14-5-7-16(26)17(27)10-14/h2-11H,12H2,1H3,(H,28,32)/b21-9+. The maximum Gasteiger partial charge on any atom is 0.318 e. The maximum atomic E-state index is 13.1. The molecule has 0 bridgehead atoms. The van der Waals surface area contributed by atoms with Gasteiger partial charge < -0.3 is 14.8 Å². The van der Waals surface area contributed by atoms with Crippen molar-refractivity contribution in [3.8, 4) is 17.2 Å². The summed E-state index contributed by atoms with van der Waals surface area (Å²) in [5, 5.41) is 24.9. The smallest absolute Gasteiger partial charge is 0.318 e. The summed E-state index contributed by atoms with van der Waals surface area (Å²) in [6.45, 7) is -0.563. The van der Waals surface area contributed by atoms with Crippen LogP contribution < -0.4 is 14.8 Å². The second kappa shape index (κ2) is 12.4. The summed E-state index contributed by atoms with van der Waals surface area (Å²) >= 11 is 9.86. The molecule has 3 amide bonds. The largest absolute Gasteiger partial charge is 0.493 e. The first-order valence-electron chi connectivity index (χ1n) is 11.3. The van der Waals surface area contributed by atoms with Gasteiger partial charge in [-0.2, -0.15) is 0 Å². The maximum absolute atomic E-state index is 13.1. The summed E-state index contributed by atoms with van der Waals surface area (Å²) in [7, 11) is 1.32. The zero-order chi connectivity index (χ0) is 29.8. The van der Waals surface area contributed by atoms with Crippen LogP contribution in [0.1, 0.15) is 5.56 Å². The molecule has 1 heterocycles. The van der Waals surface area contributed by atoms with Gasteiger partial charge in [-0.25, -0.2) is 0 Å². The minimum Gasteiger partial charge on any atom is -0.493 e. The van der Waals surface area contributed by atoms with Crippen LogP contribution in [0.25, 0.3) is 6.08 Å². The Bertz CT molecular complexity index is 1650. The zero-order valence-electron chi connectivity index (χ0n) is 20.7. The molecule has 3 aromatic rings. The lowest BCUT2D eigenvalue weighted by molar-refractivity contribution is -0.394. The molecule has 41 heavy (non-hydrogen) atoms. The average molecular weight is 664 g/mol. The van der Waals surface area contributed by atoms with E-state index in [2.05, 4.69) is 21.2 Å². The summed E-state index contributed by atoms with van der Waals surface area (Å²) in [4.78, 5) is 60.0. The normalized spacial score (nSPS) is 13.8. The Morgan fingerprint density at radius 3 is 2.51 bits per heavy atom. The first-order chi connectivity index (χ1) is 19.5. The molecular weight excluding hydrogens is 648 g/mol. The van der Waals surface area contributed by atoms with Crippen molar-refractivity contribution < 1.29 is 33.7 Å². The minimum atomic E-state index is -0.837. The highest BCUT2D eigenvalue weighted by Gasteiger charge is 2.36. The van der Waals surface area contributed by atoms with Crippen LogP contribution in [0.5, 0.6) is 17.2 Å². The number of hydrogen-bond donors (Lipinski definition) is 1. The Kier molecular flexibility index (Phi) is 8.90. The number of anilines is 1. The monoisotopic (exact) mass is 662 g/mol. The van der Waals surface area contributed by atoms with Crippen molar-refractivity contribution in [2.45, 2.75) is 0 Å². The number of nitrogens with one attached hydrogen (secondary N) is 1. The van der Waals surface area contributed by atoms with Crippen LogP contribution in [-0.2, 0) is 9.59 Å². The number of carbonyl (C=O) groups is 3. The van der Waals surface area contributed by atoms with E-state index >= 15 is 0 Å². The molecule has 3 aromatic carbocycles. The molecule has 13 nitrogen and oxygen atoms in total. The van der Waals surface area contributed by atoms with Gasteiger partial charge in [-0.3, -0.25) is 39.5 Å². The van der Waals surface area contributed by atoms with E-state index in [9.17, 15) is 34.6 Å². The average Bonchev–Trinajstić information content (AvgIpc) is 3.18. The van der Waals surface area contributed by atoms with Crippen molar-refractivity contribution in [2.24, 2.45) is 0 Å². The van der Waals surface area contributed by atoms with Gasteiger partial charge >= 0.3 is 5.69 Å². The number of amides is 3. The van der Waals surface area contributed by atoms with Crippen molar-refractivity contribution >= 4 is 79.5 Å². The number of nitro groups is 2. The van der Waals surface area contributed by atoms with Crippen LogP contribution in [-0.4, -0.2) is 45.5 Å². The molecule has 0 unspecified atom stereocenters. The molecule has 0 atom stereocenters. The number of nitrogens with zero attached hydrogens (tertiary/aromatic N) is 3. The van der Waals surface area contributed by atoms with Gasteiger partial charge in [0.15, 0.2) is 11.5 Å². The number of methoxy groups -OCH3 is 1. The lowest BCUT2D eigenvalue weighted by atomic mass is 10.1. The summed E-state index contributed by atoms with van der Waals surface area (Å²) < 4.78 is 11.7. The molecule has 0 aromatic heterocycles. The molecular formula is C25H16BrClN4O9S. The highest BCUT2D eigenvalue weighted by atomic mass is 79.9. The number of ether oxygens (including phenoxy) is 2. The zero-order valence-corrected chi connectivity index (χ0v) is 23.8. The van der Waals surface area contributed by atoms with Gasteiger partial charge in [-0.1, -0.05) is 23.7 Å². The first kappa shape index (κ1) is 29.5. The van der Waals surface area contributed by atoms with Crippen molar-refractivity contribution in [1.82, 2.24) is 4.90 Å². The fourth-order valence-corrected chi connectivity index (χ4v) is 4.83. The SMILES string of the molecule is COc1cccc(/C=C2/SC(=O)N(CC(=O)Nc3ccc(Br)c(Cl)c3)C2=O)c1Oc1ccc([N+](=O)[O-])cc1[N+](=O)[O-]. The Morgan fingerprint density at radius 1 is 1.10 bits per heavy atom. The fraction of sp³-hybridized carbons (Fsp3) is 0.0800. The second-order valence-corrected chi connectivity index (χ2v) is 10.3. The Hall–Kier alpha value is -4.47. The van der Waals surface area contributed by atoms with Crippen molar-refractivity contribution in [2.75, 3.05) is 19.0 Å². The molecule has 1 N–H and O–H groups in total. The van der Waals surface area contributed by atoms with Gasteiger partial charge in [-0.15, -0.1) is 0 Å². The van der Waals surface area contributed by atoms with E-state index in [1.807, 2.05) is 0 Å². The number of para-hydroxylation sites is 1. The molecule has 1 aliphatic rings. The highest BCUT2D eigenvalue weighted by molar-refractivity contribution is 9.10. The van der Waals surface area contributed by atoms with Gasteiger partial charge in [0.25, 0.3) is 16.8 Å². The number of non-ortho nitro benzene ring substituents is 1. The number of halogens is 2. The number of thioether (sulfide) groups is 1. The lowest BCUT2D eigenvalue weighted by Gasteiger charge is -2.14.